The lowest BCUT2D eigenvalue weighted by atomic mass is 9.55. The minimum atomic E-state index is -0.0322. The van der Waals surface area contributed by atoms with Gasteiger partial charge in [0.1, 0.15) is 23.0 Å². The maximum Gasteiger partial charge on any atom is 0.139 e. The molecule has 0 unspecified atom stereocenters. The zero-order valence-corrected chi connectivity index (χ0v) is 16.3. The van der Waals surface area contributed by atoms with Gasteiger partial charge in [0.05, 0.1) is 0 Å². The van der Waals surface area contributed by atoms with E-state index in [1.165, 1.54) is 41.8 Å². The van der Waals surface area contributed by atoms with Crippen LogP contribution in [-0.4, -0.2) is 21.1 Å². The van der Waals surface area contributed by atoms with Crippen molar-refractivity contribution in [1.29, 1.82) is 0 Å². The number of aromatic hydroxyl groups is 3. The van der Waals surface area contributed by atoms with Crippen LogP contribution in [0, 0.1) is 17.3 Å². The van der Waals surface area contributed by atoms with Crippen molar-refractivity contribution in [3.8, 4) is 17.2 Å². The number of fused-ring (bicyclic) bond motifs is 5. The molecule has 28 heavy (non-hydrogen) atoms. The van der Waals surface area contributed by atoms with Gasteiger partial charge >= 0.3 is 0 Å². The first-order chi connectivity index (χ1) is 13.4. The SMILES string of the molecule is C[C@]12CC[C@@H]3c4ccc(O)cc4CC[C@H]3[C@@H]1CCC2=O.Oc1ccc(O)cc1. The van der Waals surface area contributed by atoms with Gasteiger partial charge in [0.15, 0.2) is 0 Å². The predicted octanol–water partition coefficient (Wildman–Crippen LogP) is 4.92. The molecule has 0 saturated heterocycles. The van der Waals surface area contributed by atoms with Gasteiger partial charge in [-0.1, -0.05) is 13.0 Å². The monoisotopic (exact) mass is 380 g/mol. The molecule has 4 atom stereocenters. The summed E-state index contributed by atoms with van der Waals surface area (Å²) in [6, 6.07) is 11.6. The zero-order chi connectivity index (χ0) is 19.9. The minimum Gasteiger partial charge on any atom is -0.508 e. The fourth-order valence-corrected chi connectivity index (χ4v) is 5.79. The van der Waals surface area contributed by atoms with Crippen LogP contribution in [0.4, 0.5) is 0 Å². The minimum absolute atomic E-state index is 0.0322. The fraction of sp³-hybridized carbons (Fsp3) is 0.458. The Bertz CT molecular complexity index is 852. The van der Waals surface area contributed by atoms with E-state index in [0.717, 1.165) is 32.1 Å². The Morgan fingerprint density at radius 3 is 2.18 bits per heavy atom. The summed E-state index contributed by atoms with van der Waals surface area (Å²) in [4.78, 5) is 12.3. The molecule has 2 aromatic carbocycles. The van der Waals surface area contributed by atoms with Crippen LogP contribution < -0.4 is 0 Å². The van der Waals surface area contributed by atoms with Crippen molar-refractivity contribution in [1.82, 2.24) is 0 Å². The summed E-state index contributed by atoms with van der Waals surface area (Å²) in [5.41, 5.74) is 2.75. The number of carbonyl (C=O) groups is 1. The van der Waals surface area contributed by atoms with Crippen LogP contribution in [0.3, 0.4) is 0 Å². The molecule has 0 amide bonds. The lowest BCUT2D eigenvalue weighted by molar-refractivity contribution is -0.129. The zero-order valence-electron chi connectivity index (χ0n) is 16.3. The van der Waals surface area contributed by atoms with Crippen LogP contribution in [-0.2, 0) is 11.2 Å². The first-order valence-electron chi connectivity index (χ1n) is 10.2. The Morgan fingerprint density at radius 1 is 0.857 bits per heavy atom. The summed E-state index contributed by atoms with van der Waals surface area (Å²) < 4.78 is 0. The number of Topliss-reactive ketones (excluding diaryl/α,β-unsaturated/α-hetero) is 1. The van der Waals surface area contributed by atoms with Gasteiger partial charge in [-0.25, -0.2) is 0 Å². The van der Waals surface area contributed by atoms with Crippen LogP contribution in [0.25, 0.3) is 0 Å². The molecule has 2 fully saturated rings. The summed E-state index contributed by atoms with van der Waals surface area (Å²) in [6.45, 7) is 2.22. The quantitative estimate of drug-likeness (QED) is 0.567. The smallest absolute Gasteiger partial charge is 0.139 e. The van der Waals surface area contributed by atoms with Gasteiger partial charge in [-0.2, -0.15) is 0 Å². The molecule has 0 aromatic heterocycles. The molecule has 0 aliphatic heterocycles. The van der Waals surface area contributed by atoms with Gasteiger partial charge in [-0.05, 0) is 97.4 Å². The van der Waals surface area contributed by atoms with E-state index < -0.39 is 0 Å². The van der Waals surface area contributed by atoms with E-state index >= 15 is 0 Å². The van der Waals surface area contributed by atoms with Crippen molar-refractivity contribution in [3.05, 3.63) is 53.6 Å². The fourth-order valence-electron chi connectivity index (χ4n) is 5.79. The van der Waals surface area contributed by atoms with Gasteiger partial charge in [0.25, 0.3) is 0 Å². The summed E-state index contributed by atoms with van der Waals surface area (Å²) >= 11 is 0. The number of hydrogen-bond acceptors (Lipinski definition) is 4. The van der Waals surface area contributed by atoms with Gasteiger partial charge in [-0.15, -0.1) is 0 Å². The number of benzene rings is 2. The van der Waals surface area contributed by atoms with E-state index in [9.17, 15) is 9.90 Å². The molecule has 148 valence electrons. The lowest BCUT2D eigenvalue weighted by Gasteiger charge is -2.48. The maximum absolute atomic E-state index is 12.3. The van der Waals surface area contributed by atoms with E-state index in [0.29, 0.717) is 29.3 Å². The molecule has 0 heterocycles. The Balaban J connectivity index is 0.000000203. The average molecular weight is 380 g/mol. The lowest BCUT2D eigenvalue weighted by Crippen LogP contribution is -2.42. The van der Waals surface area contributed by atoms with Crippen molar-refractivity contribution in [2.75, 3.05) is 0 Å². The largest absolute Gasteiger partial charge is 0.508 e. The molecular weight excluding hydrogens is 352 g/mol. The number of hydrogen-bond donors (Lipinski definition) is 3. The highest BCUT2D eigenvalue weighted by Gasteiger charge is 2.54. The maximum atomic E-state index is 12.3. The summed E-state index contributed by atoms with van der Waals surface area (Å²) in [5, 5.41) is 27.0. The number of phenolic OH excluding ortho intramolecular Hbond substituents is 3. The Kier molecular flexibility index (Phi) is 4.82. The number of ketones is 1. The van der Waals surface area contributed by atoms with Crippen LogP contribution >= 0.6 is 0 Å². The highest BCUT2D eigenvalue weighted by molar-refractivity contribution is 5.87. The highest BCUT2D eigenvalue weighted by atomic mass is 16.3. The normalized spacial score (nSPS) is 30.5. The number of rotatable bonds is 0. The molecule has 2 aromatic rings. The molecule has 3 aliphatic carbocycles. The number of carbonyl (C=O) groups excluding carboxylic acids is 1. The van der Waals surface area contributed by atoms with Crippen molar-refractivity contribution in [2.45, 2.75) is 51.4 Å². The molecule has 4 heteroatoms. The summed E-state index contributed by atoms with van der Waals surface area (Å²) in [6.07, 6.45) is 6.34. The second-order valence-electron chi connectivity index (χ2n) is 8.73. The second kappa shape index (κ2) is 7.16. The third kappa shape index (κ3) is 3.25. The van der Waals surface area contributed by atoms with Crippen molar-refractivity contribution in [2.24, 2.45) is 17.3 Å². The van der Waals surface area contributed by atoms with E-state index in [-0.39, 0.29) is 16.9 Å². The van der Waals surface area contributed by atoms with Crippen LogP contribution in [0.2, 0.25) is 0 Å². The van der Waals surface area contributed by atoms with Gasteiger partial charge in [-0.3, -0.25) is 4.79 Å². The van der Waals surface area contributed by atoms with Crippen molar-refractivity contribution in [3.63, 3.8) is 0 Å². The van der Waals surface area contributed by atoms with Crippen LogP contribution in [0.1, 0.15) is 56.1 Å². The first-order valence-corrected chi connectivity index (χ1v) is 10.2. The molecule has 0 spiro atoms. The molecule has 3 N–H and O–H groups in total. The average Bonchev–Trinajstić information content (AvgIpc) is 2.99. The summed E-state index contributed by atoms with van der Waals surface area (Å²) in [7, 11) is 0. The molecule has 4 nitrogen and oxygen atoms in total. The number of aryl methyl sites for hydroxylation is 1. The number of phenols is 3. The van der Waals surface area contributed by atoms with Crippen LogP contribution in [0.5, 0.6) is 17.2 Å². The third-order valence-corrected chi connectivity index (χ3v) is 7.27. The Morgan fingerprint density at radius 2 is 1.50 bits per heavy atom. The van der Waals surface area contributed by atoms with E-state index in [1.807, 2.05) is 12.1 Å². The Hall–Kier alpha value is -2.49. The Labute approximate surface area is 165 Å². The van der Waals surface area contributed by atoms with Gasteiger partial charge in [0, 0.05) is 11.8 Å². The van der Waals surface area contributed by atoms with E-state index in [1.54, 1.807) is 0 Å². The summed E-state index contributed by atoms with van der Waals surface area (Å²) in [5.74, 6) is 3.12. The van der Waals surface area contributed by atoms with Crippen molar-refractivity contribution >= 4 is 5.78 Å². The van der Waals surface area contributed by atoms with E-state index in [2.05, 4.69) is 13.0 Å². The topological polar surface area (TPSA) is 77.8 Å². The molecule has 0 bridgehead atoms. The molecular formula is C24H28O4. The first kappa shape index (κ1) is 18.9. The molecule has 0 radical (unpaired) electrons. The van der Waals surface area contributed by atoms with E-state index in [4.69, 9.17) is 10.2 Å². The molecule has 3 aliphatic rings. The highest BCUT2D eigenvalue weighted by Crippen LogP contribution is 2.59. The molecule has 5 rings (SSSR count). The molecule has 2 saturated carbocycles. The predicted molar refractivity (Wildman–Crippen MR) is 108 cm³/mol. The third-order valence-electron chi connectivity index (χ3n) is 7.27. The van der Waals surface area contributed by atoms with Gasteiger partial charge in [0.2, 0.25) is 0 Å². The standard InChI is InChI=1S/C18H22O2.C6H6O2/c1-18-9-8-14-13-5-3-12(19)10-11(13)2-4-15(14)16(18)6-7-17(18)20;7-5-1-2-6(8)4-3-5/h3,5,10,14-16,19H,2,4,6-9H2,1H3;1-4,7-8H/t14-,15-,16+,18+;/m1./s1. The van der Waals surface area contributed by atoms with Gasteiger partial charge < -0.3 is 15.3 Å². The van der Waals surface area contributed by atoms with Crippen LogP contribution in [0.15, 0.2) is 42.5 Å². The van der Waals surface area contributed by atoms with Crippen molar-refractivity contribution < 1.29 is 20.1 Å². The second-order valence-corrected chi connectivity index (χ2v) is 8.73.